The first kappa shape index (κ1) is 73.1. The minimum atomic E-state index is -4.93. The summed E-state index contributed by atoms with van der Waals surface area (Å²) in [6.07, 6.45) is 30.9. The molecule has 5 atom stereocenters. The van der Waals surface area contributed by atoms with Crippen LogP contribution in [0.1, 0.15) is 272 Å². The van der Waals surface area contributed by atoms with Crippen LogP contribution in [0, 0.1) is 5.92 Å². The lowest BCUT2D eigenvalue weighted by molar-refractivity contribution is -0.161. The number of aliphatic hydroxyl groups is 1. The molecule has 0 amide bonds. The maximum atomic E-state index is 12.9. The summed E-state index contributed by atoms with van der Waals surface area (Å²) in [7, 11) is -9.86. The number of esters is 4. The van der Waals surface area contributed by atoms with E-state index in [1.54, 1.807) is 0 Å². The predicted molar refractivity (Wildman–Crippen MR) is 294 cm³/mol. The summed E-state index contributed by atoms with van der Waals surface area (Å²) >= 11 is 0. The Morgan fingerprint density at radius 2 is 0.613 bits per heavy atom. The van der Waals surface area contributed by atoms with Crippen molar-refractivity contribution in [2.45, 2.75) is 291 Å². The van der Waals surface area contributed by atoms with Crippen LogP contribution in [0.3, 0.4) is 0 Å². The van der Waals surface area contributed by atoms with Gasteiger partial charge in [-0.25, -0.2) is 9.13 Å². The summed E-state index contributed by atoms with van der Waals surface area (Å²) in [5, 5.41) is 10.5. The SMILES string of the molecule is CCCCCCCCCCCCC(=O)O[C@H](COC(=O)CCCCCCCCC(C)C)COP(=O)(O)OC[C@@H](O)COP(=O)(O)OC[C@@H](COC(=O)CCCCCCCCCC)OC(=O)CCCCCCCCCC. The van der Waals surface area contributed by atoms with Crippen LogP contribution in [0.25, 0.3) is 0 Å². The van der Waals surface area contributed by atoms with Gasteiger partial charge in [-0.2, -0.15) is 0 Å². The largest absolute Gasteiger partial charge is 0.472 e. The van der Waals surface area contributed by atoms with Crippen LogP contribution in [0.4, 0.5) is 0 Å². The first-order chi connectivity index (χ1) is 36.0. The van der Waals surface area contributed by atoms with Crippen molar-refractivity contribution in [2.24, 2.45) is 5.92 Å². The first-order valence-electron chi connectivity index (χ1n) is 29.6. The summed E-state index contributed by atoms with van der Waals surface area (Å²) < 4.78 is 67.5. The number of carbonyl (C=O) groups is 4. The summed E-state index contributed by atoms with van der Waals surface area (Å²) in [6.45, 7) is 6.98. The van der Waals surface area contributed by atoms with Crippen LogP contribution >= 0.6 is 15.6 Å². The van der Waals surface area contributed by atoms with E-state index in [-0.39, 0.29) is 25.7 Å². The first-order valence-corrected chi connectivity index (χ1v) is 32.6. The monoisotopic (exact) mass is 1110 g/mol. The molecule has 19 heteroatoms. The van der Waals surface area contributed by atoms with E-state index in [0.29, 0.717) is 31.6 Å². The second-order valence-corrected chi connectivity index (χ2v) is 23.7. The van der Waals surface area contributed by atoms with Crippen molar-refractivity contribution in [1.82, 2.24) is 0 Å². The molecule has 0 aliphatic rings. The number of phosphoric ester groups is 2. The molecule has 0 fully saturated rings. The van der Waals surface area contributed by atoms with E-state index in [4.69, 9.17) is 37.0 Å². The third kappa shape index (κ3) is 51.3. The molecule has 0 spiro atoms. The molecule has 3 N–H and O–H groups in total. The van der Waals surface area contributed by atoms with Gasteiger partial charge in [0.15, 0.2) is 12.2 Å². The zero-order valence-corrected chi connectivity index (χ0v) is 49.5. The Bertz CT molecular complexity index is 1480. The molecule has 0 bridgehead atoms. The van der Waals surface area contributed by atoms with E-state index in [1.807, 2.05) is 0 Å². The minimum Gasteiger partial charge on any atom is -0.462 e. The van der Waals surface area contributed by atoms with Crippen molar-refractivity contribution >= 4 is 39.5 Å². The average molecular weight is 1120 g/mol. The summed E-state index contributed by atoms with van der Waals surface area (Å²) in [6, 6.07) is 0. The van der Waals surface area contributed by atoms with Gasteiger partial charge in [-0.15, -0.1) is 0 Å². The Morgan fingerprint density at radius 3 is 0.907 bits per heavy atom. The van der Waals surface area contributed by atoms with Gasteiger partial charge < -0.3 is 33.8 Å². The number of hydrogen-bond donors (Lipinski definition) is 3. The number of aliphatic hydroxyl groups excluding tert-OH is 1. The van der Waals surface area contributed by atoms with Crippen LogP contribution < -0.4 is 0 Å². The van der Waals surface area contributed by atoms with Gasteiger partial charge in [0.2, 0.25) is 0 Å². The number of rotatable bonds is 56. The fraction of sp³-hybridized carbons (Fsp3) is 0.929. The lowest BCUT2D eigenvalue weighted by atomic mass is 10.0. The van der Waals surface area contributed by atoms with Gasteiger partial charge in [0, 0.05) is 25.7 Å². The number of unbranched alkanes of at least 4 members (excludes halogenated alkanes) is 28. The lowest BCUT2D eigenvalue weighted by Gasteiger charge is -2.21. The minimum absolute atomic E-state index is 0.104. The molecule has 0 saturated carbocycles. The van der Waals surface area contributed by atoms with Gasteiger partial charge in [-0.05, 0) is 31.6 Å². The van der Waals surface area contributed by atoms with E-state index in [1.165, 1.54) is 77.0 Å². The second-order valence-electron chi connectivity index (χ2n) is 20.8. The van der Waals surface area contributed by atoms with Crippen molar-refractivity contribution in [3.05, 3.63) is 0 Å². The second kappa shape index (κ2) is 50.3. The molecule has 2 unspecified atom stereocenters. The smallest absolute Gasteiger partial charge is 0.462 e. The van der Waals surface area contributed by atoms with Crippen molar-refractivity contribution in [3.63, 3.8) is 0 Å². The highest BCUT2D eigenvalue weighted by molar-refractivity contribution is 7.47. The topological polar surface area (TPSA) is 237 Å². The molecule has 17 nitrogen and oxygen atoms in total. The molecule has 444 valence electrons. The molecule has 0 rings (SSSR count). The van der Waals surface area contributed by atoms with E-state index >= 15 is 0 Å². The highest BCUT2D eigenvalue weighted by Crippen LogP contribution is 2.45. The molecule has 0 heterocycles. The molecule has 0 aromatic carbocycles. The highest BCUT2D eigenvalue weighted by atomic mass is 31.2. The van der Waals surface area contributed by atoms with Crippen LogP contribution in [0.2, 0.25) is 0 Å². The van der Waals surface area contributed by atoms with E-state index in [2.05, 4.69) is 34.6 Å². The Balaban J connectivity index is 5.21. The molecule has 0 aliphatic carbocycles. The number of phosphoric acid groups is 2. The fourth-order valence-corrected chi connectivity index (χ4v) is 9.75. The molecular weight excluding hydrogens is 1010 g/mol. The third-order valence-corrected chi connectivity index (χ3v) is 14.7. The van der Waals surface area contributed by atoms with Crippen molar-refractivity contribution < 1.29 is 80.2 Å². The molecule has 75 heavy (non-hydrogen) atoms. The van der Waals surface area contributed by atoms with Gasteiger partial charge in [-0.3, -0.25) is 37.3 Å². The number of carbonyl (C=O) groups excluding carboxylic acids is 4. The Hall–Kier alpha value is -1.94. The van der Waals surface area contributed by atoms with Crippen molar-refractivity contribution in [1.29, 1.82) is 0 Å². The maximum Gasteiger partial charge on any atom is 0.472 e. The van der Waals surface area contributed by atoms with E-state index in [9.17, 15) is 43.2 Å². The van der Waals surface area contributed by atoms with Crippen LogP contribution in [0.5, 0.6) is 0 Å². The average Bonchev–Trinajstić information content (AvgIpc) is 3.37. The van der Waals surface area contributed by atoms with Gasteiger partial charge in [0.25, 0.3) is 0 Å². The normalized spacial score (nSPS) is 14.5. The molecule has 0 aromatic rings. The highest BCUT2D eigenvalue weighted by Gasteiger charge is 2.30. The van der Waals surface area contributed by atoms with Gasteiger partial charge in [-0.1, -0.05) is 221 Å². The van der Waals surface area contributed by atoms with Gasteiger partial charge in [0.1, 0.15) is 19.3 Å². The van der Waals surface area contributed by atoms with Crippen molar-refractivity contribution in [3.8, 4) is 0 Å². The summed E-state index contributed by atoms with van der Waals surface area (Å²) in [4.78, 5) is 71.6. The zero-order valence-electron chi connectivity index (χ0n) is 47.7. The van der Waals surface area contributed by atoms with Crippen LogP contribution in [-0.2, 0) is 65.4 Å². The summed E-state index contributed by atoms with van der Waals surface area (Å²) in [5.74, 6) is -1.47. The Morgan fingerprint density at radius 1 is 0.360 bits per heavy atom. The molecule has 0 aromatic heterocycles. The zero-order chi connectivity index (χ0) is 55.7. The number of ether oxygens (including phenoxy) is 4. The van der Waals surface area contributed by atoms with Crippen LogP contribution in [-0.4, -0.2) is 96.7 Å². The van der Waals surface area contributed by atoms with E-state index in [0.717, 1.165) is 109 Å². The molecule has 0 saturated heterocycles. The molecule has 0 aliphatic heterocycles. The maximum absolute atomic E-state index is 12.9. The van der Waals surface area contributed by atoms with E-state index < -0.39 is 97.5 Å². The fourth-order valence-electron chi connectivity index (χ4n) is 8.17. The van der Waals surface area contributed by atoms with Crippen LogP contribution in [0.15, 0.2) is 0 Å². The lowest BCUT2D eigenvalue weighted by Crippen LogP contribution is -2.30. The van der Waals surface area contributed by atoms with Gasteiger partial charge >= 0.3 is 39.5 Å². The Kier molecular flexibility index (Phi) is 49.0. The standard InChI is InChI=1S/C56H108O17P2/c1-6-9-12-15-18-21-22-25-32-37-42-56(61)73-52(46-67-54(59)40-35-30-27-26-28-33-38-49(4)5)48-71-75(64,65)69-44-50(57)43-68-74(62,63)70-47-51(72-55(60)41-36-31-24-20-17-14-11-8-3)45-66-53(58)39-34-29-23-19-16-13-10-7-2/h49-52,57H,6-48H2,1-5H3,(H,62,63)(H,64,65)/t50-,51+,52+/m0/s1. The molecular formula is C56H108O17P2. The third-order valence-electron chi connectivity index (χ3n) is 12.8. The predicted octanol–water partition coefficient (Wildman–Crippen LogP) is 14.7. The van der Waals surface area contributed by atoms with Crippen molar-refractivity contribution in [2.75, 3.05) is 39.6 Å². The molecule has 0 radical (unpaired) electrons. The number of hydrogen-bond acceptors (Lipinski definition) is 15. The van der Waals surface area contributed by atoms with Gasteiger partial charge in [0.05, 0.1) is 26.4 Å². The quantitative estimate of drug-likeness (QED) is 0.0222. The Labute approximate surface area is 454 Å². The summed E-state index contributed by atoms with van der Waals surface area (Å²) in [5.41, 5.74) is 0.